The van der Waals surface area contributed by atoms with E-state index in [0.29, 0.717) is 13.0 Å². The summed E-state index contributed by atoms with van der Waals surface area (Å²) in [7, 11) is 0. The predicted molar refractivity (Wildman–Crippen MR) is 76.8 cm³/mol. The third-order valence-electron chi connectivity index (χ3n) is 3.28. The molecule has 110 valence electrons. The summed E-state index contributed by atoms with van der Waals surface area (Å²) >= 11 is 0. The molecule has 1 aliphatic carbocycles. The number of rotatable bonds is 6. The van der Waals surface area contributed by atoms with Crippen LogP contribution in [0.25, 0.3) is 0 Å². The fourth-order valence-electron chi connectivity index (χ4n) is 1.94. The maximum Gasteiger partial charge on any atom is 0.191 e. The summed E-state index contributed by atoms with van der Waals surface area (Å²) in [6.07, 6.45) is 2.80. The summed E-state index contributed by atoms with van der Waals surface area (Å²) in [6, 6.07) is 3.94. The SMILES string of the molecule is CCNC(=NCC1CC1)NCCc1c(F)cccc1F. The van der Waals surface area contributed by atoms with Crippen LogP contribution in [0.4, 0.5) is 8.78 Å². The third kappa shape index (κ3) is 4.47. The molecule has 1 fully saturated rings. The second-order valence-electron chi connectivity index (χ2n) is 5.04. The number of hydrogen-bond donors (Lipinski definition) is 2. The Morgan fingerprint density at radius 2 is 1.95 bits per heavy atom. The Hall–Kier alpha value is -1.65. The van der Waals surface area contributed by atoms with Crippen molar-refractivity contribution in [3.63, 3.8) is 0 Å². The minimum atomic E-state index is -0.494. The zero-order valence-electron chi connectivity index (χ0n) is 11.8. The molecule has 3 nitrogen and oxygen atoms in total. The lowest BCUT2D eigenvalue weighted by Crippen LogP contribution is -2.38. The van der Waals surface area contributed by atoms with Gasteiger partial charge in [0, 0.05) is 25.2 Å². The Morgan fingerprint density at radius 1 is 1.25 bits per heavy atom. The van der Waals surface area contributed by atoms with E-state index in [-0.39, 0.29) is 5.56 Å². The van der Waals surface area contributed by atoms with Gasteiger partial charge >= 0.3 is 0 Å². The molecule has 5 heteroatoms. The monoisotopic (exact) mass is 281 g/mol. The van der Waals surface area contributed by atoms with Gasteiger partial charge in [-0.3, -0.25) is 4.99 Å². The minimum Gasteiger partial charge on any atom is -0.357 e. The molecular formula is C15H21F2N3. The molecule has 0 bridgehead atoms. The molecule has 2 rings (SSSR count). The van der Waals surface area contributed by atoms with Gasteiger partial charge in [0.05, 0.1) is 0 Å². The van der Waals surface area contributed by atoms with Gasteiger partial charge in [-0.15, -0.1) is 0 Å². The summed E-state index contributed by atoms with van der Waals surface area (Å²) in [6.45, 7) is 4.03. The summed E-state index contributed by atoms with van der Waals surface area (Å²) in [5.41, 5.74) is 0.123. The molecule has 0 aromatic heterocycles. The Kier molecular flexibility index (Phi) is 5.32. The molecule has 1 aliphatic rings. The van der Waals surface area contributed by atoms with Gasteiger partial charge in [0.15, 0.2) is 5.96 Å². The molecule has 0 aliphatic heterocycles. The number of aliphatic imine (C=N–C) groups is 1. The number of halogens is 2. The van der Waals surface area contributed by atoms with E-state index in [1.165, 1.54) is 31.0 Å². The summed E-state index contributed by atoms with van der Waals surface area (Å²) in [4.78, 5) is 4.46. The first kappa shape index (κ1) is 14.8. The van der Waals surface area contributed by atoms with E-state index in [1.54, 1.807) is 0 Å². The lowest BCUT2D eigenvalue weighted by molar-refractivity contribution is 0.553. The van der Waals surface area contributed by atoms with Crippen LogP contribution in [0.3, 0.4) is 0 Å². The van der Waals surface area contributed by atoms with Gasteiger partial charge in [-0.2, -0.15) is 0 Å². The molecule has 1 aromatic carbocycles. The highest BCUT2D eigenvalue weighted by Gasteiger charge is 2.20. The Morgan fingerprint density at radius 3 is 2.55 bits per heavy atom. The van der Waals surface area contributed by atoms with Crippen molar-refractivity contribution < 1.29 is 8.78 Å². The van der Waals surface area contributed by atoms with Crippen molar-refractivity contribution in [3.05, 3.63) is 35.4 Å². The summed E-state index contributed by atoms with van der Waals surface area (Å²) in [5.74, 6) is 0.448. The maximum absolute atomic E-state index is 13.5. The Bertz CT molecular complexity index is 450. The molecule has 1 aromatic rings. The normalized spacial score (nSPS) is 15.2. The molecule has 0 saturated heterocycles. The van der Waals surface area contributed by atoms with Crippen LogP contribution in [0.5, 0.6) is 0 Å². The van der Waals surface area contributed by atoms with E-state index >= 15 is 0 Å². The summed E-state index contributed by atoms with van der Waals surface area (Å²) in [5, 5.41) is 6.24. The highest BCUT2D eigenvalue weighted by Crippen LogP contribution is 2.28. The van der Waals surface area contributed by atoms with Crippen molar-refractivity contribution in [1.29, 1.82) is 0 Å². The first-order valence-electron chi connectivity index (χ1n) is 7.15. The van der Waals surface area contributed by atoms with Crippen molar-refractivity contribution in [2.75, 3.05) is 19.6 Å². The predicted octanol–water partition coefficient (Wildman–Crippen LogP) is 2.47. The van der Waals surface area contributed by atoms with Crippen molar-refractivity contribution in [2.45, 2.75) is 26.2 Å². The molecule has 0 heterocycles. The Labute approximate surface area is 118 Å². The van der Waals surface area contributed by atoms with Crippen molar-refractivity contribution in [3.8, 4) is 0 Å². The van der Waals surface area contributed by atoms with Crippen LogP contribution in [-0.2, 0) is 6.42 Å². The number of nitrogens with zero attached hydrogens (tertiary/aromatic N) is 1. The van der Waals surface area contributed by atoms with Crippen LogP contribution in [0.2, 0.25) is 0 Å². The van der Waals surface area contributed by atoms with Gasteiger partial charge in [-0.1, -0.05) is 6.07 Å². The first-order valence-corrected chi connectivity index (χ1v) is 7.15. The van der Waals surface area contributed by atoms with Gasteiger partial charge in [0.1, 0.15) is 11.6 Å². The third-order valence-corrected chi connectivity index (χ3v) is 3.28. The van der Waals surface area contributed by atoms with Gasteiger partial charge < -0.3 is 10.6 Å². The topological polar surface area (TPSA) is 36.4 Å². The molecule has 0 unspecified atom stereocenters. The van der Waals surface area contributed by atoms with E-state index in [9.17, 15) is 8.78 Å². The van der Waals surface area contributed by atoms with Crippen LogP contribution < -0.4 is 10.6 Å². The zero-order valence-corrected chi connectivity index (χ0v) is 11.8. The average molecular weight is 281 g/mol. The quantitative estimate of drug-likeness (QED) is 0.621. The Balaban J connectivity index is 1.84. The molecule has 1 saturated carbocycles. The van der Waals surface area contributed by atoms with E-state index in [4.69, 9.17) is 0 Å². The lowest BCUT2D eigenvalue weighted by atomic mass is 10.1. The van der Waals surface area contributed by atoms with Crippen LogP contribution in [0, 0.1) is 17.6 Å². The molecular weight excluding hydrogens is 260 g/mol. The van der Waals surface area contributed by atoms with Crippen molar-refractivity contribution >= 4 is 5.96 Å². The number of benzene rings is 1. The van der Waals surface area contributed by atoms with Gasteiger partial charge in [0.25, 0.3) is 0 Å². The molecule has 0 atom stereocenters. The van der Waals surface area contributed by atoms with Crippen LogP contribution in [0.15, 0.2) is 23.2 Å². The lowest BCUT2D eigenvalue weighted by Gasteiger charge is -2.11. The van der Waals surface area contributed by atoms with Crippen LogP contribution in [0.1, 0.15) is 25.3 Å². The standard InChI is InChI=1S/C15H21F2N3/c1-2-18-15(20-10-11-6-7-11)19-9-8-12-13(16)4-3-5-14(12)17/h3-5,11H,2,6-10H2,1H3,(H2,18,19,20). The smallest absolute Gasteiger partial charge is 0.191 e. The minimum absolute atomic E-state index is 0.123. The first-order chi connectivity index (χ1) is 9.70. The highest BCUT2D eigenvalue weighted by molar-refractivity contribution is 5.79. The number of nitrogens with one attached hydrogen (secondary N) is 2. The molecule has 0 spiro atoms. The second kappa shape index (κ2) is 7.22. The van der Waals surface area contributed by atoms with E-state index in [2.05, 4.69) is 15.6 Å². The maximum atomic E-state index is 13.5. The average Bonchev–Trinajstić information content (AvgIpc) is 3.23. The fourth-order valence-corrected chi connectivity index (χ4v) is 1.94. The van der Waals surface area contributed by atoms with E-state index in [1.807, 2.05) is 6.92 Å². The van der Waals surface area contributed by atoms with Gasteiger partial charge in [0.2, 0.25) is 0 Å². The number of guanidine groups is 1. The van der Waals surface area contributed by atoms with Gasteiger partial charge in [-0.05, 0) is 44.2 Å². The molecule has 0 radical (unpaired) electrons. The molecule has 0 amide bonds. The number of hydrogen-bond acceptors (Lipinski definition) is 1. The fraction of sp³-hybridized carbons (Fsp3) is 0.533. The zero-order chi connectivity index (χ0) is 14.4. The largest absolute Gasteiger partial charge is 0.357 e. The van der Waals surface area contributed by atoms with E-state index < -0.39 is 11.6 Å². The second-order valence-corrected chi connectivity index (χ2v) is 5.04. The summed E-state index contributed by atoms with van der Waals surface area (Å²) < 4.78 is 26.9. The van der Waals surface area contributed by atoms with Crippen LogP contribution >= 0.6 is 0 Å². The van der Waals surface area contributed by atoms with Crippen LogP contribution in [-0.4, -0.2) is 25.6 Å². The van der Waals surface area contributed by atoms with Gasteiger partial charge in [-0.25, -0.2) is 8.78 Å². The molecule has 2 N–H and O–H groups in total. The van der Waals surface area contributed by atoms with Crippen molar-refractivity contribution in [2.24, 2.45) is 10.9 Å². The van der Waals surface area contributed by atoms with Crippen molar-refractivity contribution in [1.82, 2.24) is 10.6 Å². The highest BCUT2D eigenvalue weighted by atomic mass is 19.1. The molecule has 20 heavy (non-hydrogen) atoms. The van der Waals surface area contributed by atoms with E-state index in [0.717, 1.165) is 25.0 Å².